The van der Waals surface area contributed by atoms with Crippen LogP contribution in [0.25, 0.3) is 22.1 Å². The van der Waals surface area contributed by atoms with Gasteiger partial charge in [-0.1, -0.05) is 11.6 Å². The van der Waals surface area contributed by atoms with Crippen LogP contribution in [0.1, 0.15) is 29.4 Å². The zero-order valence-electron chi connectivity index (χ0n) is 16.2. The highest BCUT2D eigenvalue weighted by Gasteiger charge is 2.14. The molecule has 0 atom stereocenters. The minimum absolute atomic E-state index is 0.0762. The minimum Gasteiger partial charge on any atom is -0.437 e. The number of nitrogens with zero attached hydrogens (tertiary/aromatic N) is 4. The number of H-pyrrole nitrogens is 1. The Labute approximate surface area is 169 Å². The van der Waals surface area contributed by atoms with E-state index in [0.29, 0.717) is 33.3 Å². The first-order valence-electron chi connectivity index (χ1n) is 8.85. The molecule has 0 saturated carbocycles. The van der Waals surface area contributed by atoms with Crippen molar-refractivity contribution in [3.63, 3.8) is 0 Å². The molecule has 3 aromatic heterocycles. The monoisotopic (exact) mass is 407 g/mol. The van der Waals surface area contributed by atoms with Crippen molar-refractivity contribution in [2.75, 3.05) is 0 Å². The average molecular weight is 407 g/mol. The third kappa shape index (κ3) is 3.19. The van der Waals surface area contributed by atoms with E-state index >= 15 is 0 Å². The van der Waals surface area contributed by atoms with E-state index in [1.807, 2.05) is 13.0 Å². The second-order valence-electron chi connectivity index (χ2n) is 6.82. The van der Waals surface area contributed by atoms with Crippen LogP contribution in [0.2, 0.25) is 0 Å². The van der Waals surface area contributed by atoms with Crippen LogP contribution >= 0.6 is 12.2 Å². The first-order valence-corrected chi connectivity index (χ1v) is 9.26. The summed E-state index contributed by atoms with van der Waals surface area (Å²) in [6.07, 6.45) is 0. The molecule has 8 nitrogen and oxygen atoms in total. The fraction of sp³-hybridized carbons (Fsp3) is 0.200. The molecule has 0 amide bonds. The molecule has 0 unspecified atom stereocenters. The van der Waals surface area contributed by atoms with Gasteiger partial charge < -0.3 is 4.42 Å². The zero-order chi connectivity index (χ0) is 20.9. The molecule has 0 spiro atoms. The third-order valence-corrected chi connectivity index (χ3v) is 4.93. The van der Waals surface area contributed by atoms with Crippen molar-refractivity contribution in [3.05, 3.63) is 72.1 Å². The molecule has 3 heterocycles. The van der Waals surface area contributed by atoms with Gasteiger partial charge in [0.15, 0.2) is 0 Å². The summed E-state index contributed by atoms with van der Waals surface area (Å²) in [5.74, 6) is 0. The smallest absolute Gasteiger partial charge is 0.296 e. The van der Waals surface area contributed by atoms with Crippen LogP contribution in [-0.4, -0.2) is 25.6 Å². The van der Waals surface area contributed by atoms with E-state index in [-0.39, 0.29) is 21.6 Å². The standard InChI is InChI=1S/C20H17N5O3S/c1-9-5-6-16-14(7-9)17(26)15-8-13(10(2)21-18(15)28-16)11(3)24-25-19(27)12(4)22-23-20(25)29/h5-8H,1-4H3,(H,23,29)/b24-11+. The minimum atomic E-state index is -0.416. The second-order valence-corrected chi connectivity index (χ2v) is 7.21. The number of hydrogen-bond acceptors (Lipinski definition) is 7. The number of rotatable bonds is 2. The maximum Gasteiger partial charge on any atom is 0.296 e. The summed E-state index contributed by atoms with van der Waals surface area (Å²) < 4.78 is 6.98. The van der Waals surface area contributed by atoms with Gasteiger partial charge in [-0.15, -0.1) is 0 Å². The Kier molecular flexibility index (Phi) is 4.46. The fourth-order valence-corrected chi connectivity index (χ4v) is 3.29. The summed E-state index contributed by atoms with van der Waals surface area (Å²) in [5.41, 5.74) is 3.08. The van der Waals surface area contributed by atoms with Crippen molar-refractivity contribution >= 4 is 40.0 Å². The molecule has 1 N–H and O–H groups in total. The van der Waals surface area contributed by atoms with E-state index in [1.165, 1.54) is 0 Å². The molecular formula is C20H17N5O3S. The first kappa shape index (κ1) is 18.9. The lowest BCUT2D eigenvalue weighted by Crippen LogP contribution is -2.23. The summed E-state index contributed by atoms with van der Waals surface area (Å²) in [4.78, 5) is 29.8. The van der Waals surface area contributed by atoms with E-state index in [4.69, 9.17) is 16.6 Å². The molecule has 0 bridgehead atoms. The third-order valence-electron chi connectivity index (χ3n) is 4.66. The fourth-order valence-electron chi connectivity index (χ4n) is 3.12. The molecule has 1 aromatic carbocycles. The normalized spacial score (nSPS) is 12.1. The number of aromatic amines is 1. The van der Waals surface area contributed by atoms with Gasteiger partial charge in [0, 0.05) is 5.56 Å². The lowest BCUT2D eigenvalue weighted by atomic mass is 10.1. The molecule has 0 aliphatic carbocycles. The number of fused-ring (bicyclic) bond motifs is 2. The molecular weight excluding hydrogens is 390 g/mol. The number of pyridine rings is 1. The van der Waals surface area contributed by atoms with Gasteiger partial charge in [0.05, 0.1) is 22.2 Å². The summed E-state index contributed by atoms with van der Waals surface area (Å²) in [7, 11) is 0. The van der Waals surface area contributed by atoms with Crippen molar-refractivity contribution in [2.24, 2.45) is 5.10 Å². The zero-order valence-corrected chi connectivity index (χ0v) is 17.0. The number of hydrogen-bond donors (Lipinski definition) is 1. The van der Waals surface area contributed by atoms with Gasteiger partial charge in [-0.2, -0.15) is 14.9 Å². The van der Waals surface area contributed by atoms with Gasteiger partial charge in [-0.05, 0) is 58.1 Å². The van der Waals surface area contributed by atoms with Crippen molar-refractivity contribution in [1.82, 2.24) is 19.9 Å². The SMILES string of the molecule is C/C(=N\n1c(=S)[nH]nc(C)c1=O)c1cc2c(=O)c3cc(C)ccc3oc2nc1C. The van der Waals surface area contributed by atoms with Crippen LogP contribution in [0.5, 0.6) is 0 Å². The molecule has 9 heteroatoms. The van der Waals surface area contributed by atoms with Crippen LogP contribution in [0.15, 0.2) is 43.4 Å². The van der Waals surface area contributed by atoms with Crippen molar-refractivity contribution in [1.29, 1.82) is 0 Å². The summed E-state index contributed by atoms with van der Waals surface area (Å²) in [6, 6.07) is 7.13. The lowest BCUT2D eigenvalue weighted by molar-refractivity contribution is 0.643. The van der Waals surface area contributed by atoms with Crippen LogP contribution in [0.4, 0.5) is 0 Å². The van der Waals surface area contributed by atoms with Gasteiger partial charge >= 0.3 is 0 Å². The van der Waals surface area contributed by atoms with E-state index in [9.17, 15) is 9.59 Å². The van der Waals surface area contributed by atoms with Crippen molar-refractivity contribution in [2.45, 2.75) is 27.7 Å². The molecule has 0 radical (unpaired) electrons. The lowest BCUT2D eigenvalue weighted by Gasteiger charge is -2.08. The summed E-state index contributed by atoms with van der Waals surface area (Å²) in [6.45, 7) is 6.99. The summed E-state index contributed by atoms with van der Waals surface area (Å²) >= 11 is 5.12. The molecule has 4 rings (SSSR count). The Morgan fingerprint density at radius 3 is 2.66 bits per heavy atom. The Balaban J connectivity index is 1.98. The Morgan fingerprint density at radius 1 is 1.14 bits per heavy atom. The highest BCUT2D eigenvalue weighted by Crippen LogP contribution is 2.21. The highest BCUT2D eigenvalue weighted by molar-refractivity contribution is 7.71. The Morgan fingerprint density at radius 2 is 1.90 bits per heavy atom. The van der Waals surface area contributed by atoms with Gasteiger partial charge in [0.25, 0.3) is 5.56 Å². The molecule has 146 valence electrons. The topological polar surface area (TPSA) is 106 Å². The summed E-state index contributed by atoms with van der Waals surface area (Å²) in [5, 5.41) is 11.6. The maximum atomic E-state index is 13.0. The van der Waals surface area contributed by atoms with Gasteiger partial charge in [-0.3, -0.25) is 14.7 Å². The van der Waals surface area contributed by atoms with Crippen molar-refractivity contribution in [3.8, 4) is 0 Å². The molecule has 0 aliphatic rings. The highest BCUT2D eigenvalue weighted by atomic mass is 32.1. The molecule has 4 aromatic rings. The van der Waals surface area contributed by atoms with Crippen LogP contribution < -0.4 is 11.0 Å². The van der Waals surface area contributed by atoms with E-state index in [2.05, 4.69) is 20.3 Å². The van der Waals surface area contributed by atoms with Gasteiger partial charge in [0.1, 0.15) is 11.3 Å². The van der Waals surface area contributed by atoms with E-state index in [1.54, 1.807) is 39.0 Å². The maximum absolute atomic E-state index is 13.0. The number of benzene rings is 1. The van der Waals surface area contributed by atoms with Crippen molar-refractivity contribution < 1.29 is 4.42 Å². The quantitative estimate of drug-likeness (QED) is 0.311. The first-order chi connectivity index (χ1) is 13.8. The molecule has 0 saturated heterocycles. The molecule has 29 heavy (non-hydrogen) atoms. The second kappa shape index (κ2) is 6.85. The Bertz CT molecular complexity index is 1510. The Hall–Kier alpha value is -3.46. The molecule has 0 aliphatic heterocycles. The number of nitrogens with one attached hydrogen (secondary N) is 1. The van der Waals surface area contributed by atoms with Crippen LogP contribution in [-0.2, 0) is 0 Å². The van der Waals surface area contributed by atoms with Gasteiger partial charge in [0.2, 0.25) is 15.9 Å². The van der Waals surface area contributed by atoms with Gasteiger partial charge in [-0.25, -0.2) is 4.98 Å². The molecule has 0 fully saturated rings. The number of aromatic nitrogens is 4. The van der Waals surface area contributed by atoms with Crippen LogP contribution in [0, 0.1) is 25.5 Å². The largest absolute Gasteiger partial charge is 0.437 e. The van der Waals surface area contributed by atoms with E-state index < -0.39 is 5.56 Å². The van der Waals surface area contributed by atoms with E-state index in [0.717, 1.165) is 10.2 Å². The predicted molar refractivity (Wildman–Crippen MR) is 113 cm³/mol. The number of aryl methyl sites for hydroxylation is 3. The predicted octanol–water partition coefficient (Wildman–Crippen LogP) is 3.15. The average Bonchev–Trinajstić information content (AvgIpc) is 2.68. The van der Waals surface area contributed by atoms with Crippen LogP contribution in [0.3, 0.4) is 0 Å².